The summed E-state index contributed by atoms with van der Waals surface area (Å²) in [6.45, 7) is 2.24. The summed E-state index contributed by atoms with van der Waals surface area (Å²) in [6, 6.07) is 5.80. The lowest BCUT2D eigenvalue weighted by Crippen LogP contribution is -2.26. The normalized spacial score (nSPS) is 10.7. The molecule has 1 amide bonds. The Morgan fingerprint density at radius 3 is 2.84 bits per heavy atom. The molecule has 2 rings (SSSR count). The first-order valence-corrected chi connectivity index (χ1v) is 6.17. The highest BCUT2D eigenvalue weighted by atomic mass is 16.5. The maximum absolute atomic E-state index is 11.2. The van der Waals surface area contributed by atoms with Crippen molar-refractivity contribution in [3.8, 4) is 5.75 Å². The Morgan fingerprint density at radius 2 is 2.21 bits per heavy atom. The molecular formula is C14H19N3O2. The van der Waals surface area contributed by atoms with Crippen molar-refractivity contribution in [2.45, 2.75) is 13.3 Å². The van der Waals surface area contributed by atoms with Crippen LogP contribution in [0, 0.1) is 0 Å². The van der Waals surface area contributed by atoms with Gasteiger partial charge in [-0.25, -0.2) is 0 Å². The van der Waals surface area contributed by atoms with Gasteiger partial charge in [-0.1, -0.05) is 0 Å². The number of nitrogens with two attached hydrogens (primary N) is 1. The van der Waals surface area contributed by atoms with E-state index in [0.29, 0.717) is 6.54 Å². The lowest BCUT2D eigenvalue weighted by atomic mass is 10.1. The molecule has 0 unspecified atom stereocenters. The predicted molar refractivity (Wildman–Crippen MR) is 75.7 cm³/mol. The fourth-order valence-electron chi connectivity index (χ4n) is 2.08. The van der Waals surface area contributed by atoms with E-state index in [2.05, 4.69) is 0 Å². The molecule has 0 saturated heterocycles. The Hall–Kier alpha value is -2.17. The van der Waals surface area contributed by atoms with Gasteiger partial charge in [0.1, 0.15) is 5.75 Å². The number of nitrogens with zero attached hydrogens (tertiary/aromatic N) is 2. The first-order chi connectivity index (χ1) is 9.02. The minimum Gasteiger partial charge on any atom is -0.497 e. The first kappa shape index (κ1) is 13.3. The number of ether oxygens (including phenoxy) is 1. The van der Waals surface area contributed by atoms with Gasteiger partial charge in [-0.05, 0) is 30.2 Å². The van der Waals surface area contributed by atoms with Crippen LogP contribution < -0.4 is 10.6 Å². The van der Waals surface area contributed by atoms with Gasteiger partial charge in [0.05, 0.1) is 12.6 Å². The number of fused-ring (bicyclic) bond motifs is 1. The van der Waals surface area contributed by atoms with Crippen molar-refractivity contribution < 1.29 is 9.53 Å². The molecule has 0 aliphatic carbocycles. The molecule has 2 N–H and O–H groups in total. The summed E-state index contributed by atoms with van der Waals surface area (Å²) >= 11 is 0. The minimum absolute atomic E-state index is 0.0640. The number of likely N-dealkylation sites (N-methyl/N-ethyl adjacent to an activating group) is 1. The van der Waals surface area contributed by atoms with E-state index < -0.39 is 0 Å². The molecule has 0 fully saturated rings. The van der Waals surface area contributed by atoms with Crippen LogP contribution >= 0.6 is 0 Å². The van der Waals surface area contributed by atoms with Gasteiger partial charge in [0.2, 0.25) is 5.91 Å². The van der Waals surface area contributed by atoms with Gasteiger partial charge in [-0.2, -0.15) is 0 Å². The highest BCUT2D eigenvalue weighted by Gasteiger charge is 2.10. The molecule has 0 bridgehead atoms. The van der Waals surface area contributed by atoms with Crippen LogP contribution in [0.5, 0.6) is 5.75 Å². The topological polar surface area (TPSA) is 60.5 Å². The average molecular weight is 261 g/mol. The van der Waals surface area contributed by atoms with Crippen LogP contribution in [0.3, 0.4) is 0 Å². The standard InChI is InChI=1S/C14H19N3O2/c1-10(18)16(2)7-6-11-9-17(15)14-5-4-12(19-3)8-13(11)14/h4-5,8-9H,6-7,15H2,1-3H3. The number of rotatable bonds is 4. The minimum atomic E-state index is 0.0640. The van der Waals surface area contributed by atoms with Crippen molar-refractivity contribution in [2.24, 2.45) is 0 Å². The highest BCUT2D eigenvalue weighted by molar-refractivity contribution is 5.85. The van der Waals surface area contributed by atoms with Gasteiger partial charge in [-0.15, -0.1) is 0 Å². The van der Waals surface area contributed by atoms with E-state index in [9.17, 15) is 4.79 Å². The number of carbonyl (C=O) groups is 1. The quantitative estimate of drug-likeness (QED) is 0.846. The molecular weight excluding hydrogens is 242 g/mol. The van der Waals surface area contributed by atoms with Gasteiger partial charge >= 0.3 is 0 Å². The summed E-state index contributed by atoms with van der Waals surface area (Å²) in [5, 5.41) is 1.07. The van der Waals surface area contributed by atoms with E-state index in [1.807, 2.05) is 24.4 Å². The van der Waals surface area contributed by atoms with Gasteiger partial charge in [0, 0.05) is 32.1 Å². The van der Waals surface area contributed by atoms with Crippen molar-refractivity contribution in [2.75, 3.05) is 26.5 Å². The van der Waals surface area contributed by atoms with Crippen LogP contribution in [0.2, 0.25) is 0 Å². The molecule has 1 heterocycles. The zero-order valence-corrected chi connectivity index (χ0v) is 11.5. The molecule has 1 aromatic carbocycles. The Bertz CT molecular complexity index is 604. The number of amides is 1. The van der Waals surface area contributed by atoms with Crippen LogP contribution in [0.4, 0.5) is 0 Å². The molecule has 2 aromatic rings. The third kappa shape index (κ3) is 2.65. The Labute approximate surface area is 112 Å². The number of hydrogen-bond acceptors (Lipinski definition) is 3. The maximum atomic E-state index is 11.2. The zero-order valence-electron chi connectivity index (χ0n) is 11.5. The number of aromatic nitrogens is 1. The van der Waals surface area contributed by atoms with Crippen LogP contribution in [0.15, 0.2) is 24.4 Å². The first-order valence-electron chi connectivity index (χ1n) is 6.17. The Balaban J connectivity index is 2.29. The number of nitrogen functional groups attached to an aromatic ring is 1. The number of carbonyl (C=O) groups excluding carboxylic acids is 1. The molecule has 0 aliphatic rings. The summed E-state index contributed by atoms with van der Waals surface area (Å²) < 4.78 is 6.84. The monoisotopic (exact) mass is 261 g/mol. The number of hydrogen-bond donors (Lipinski definition) is 1. The SMILES string of the molecule is COc1ccc2c(c1)c(CCN(C)C(C)=O)cn2N. The van der Waals surface area contributed by atoms with Gasteiger partial charge in [0.15, 0.2) is 0 Å². The molecule has 0 radical (unpaired) electrons. The molecule has 5 nitrogen and oxygen atoms in total. The second-order valence-corrected chi connectivity index (χ2v) is 4.64. The van der Waals surface area contributed by atoms with Crippen molar-refractivity contribution >= 4 is 16.8 Å². The van der Waals surface area contributed by atoms with Gasteiger partial charge in [-0.3, -0.25) is 9.47 Å². The summed E-state index contributed by atoms with van der Waals surface area (Å²) in [5.74, 6) is 6.80. The fraction of sp³-hybridized carbons (Fsp3) is 0.357. The predicted octanol–water partition coefficient (Wildman–Crippen LogP) is 1.38. The van der Waals surface area contributed by atoms with Crippen molar-refractivity contribution in [1.82, 2.24) is 9.58 Å². The van der Waals surface area contributed by atoms with E-state index in [1.54, 1.807) is 30.7 Å². The second-order valence-electron chi connectivity index (χ2n) is 4.64. The van der Waals surface area contributed by atoms with E-state index in [4.69, 9.17) is 10.6 Å². The molecule has 0 atom stereocenters. The summed E-state index contributed by atoms with van der Waals surface area (Å²) in [7, 11) is 3.44. The number of benzene rings is 1. The lowest BCUT2D eigenvalue weighted by molar-refractivity contribution is -0.127. The van der Waals surface area contributed by atoms with E-state index >= 15 is 0 Å². The maximum Gasteiger partial charge on any atom is 0.219 e. The zero-order chi connectivity index (χ0) is 14.0. The highest BCUT2D eigenvalue weighted by Crippen LogP contribution is 2.25. The molecule has 102 valence electrons. The lowest BCUT2D eigenvalue weighted by Gasteiger charge is -2.13. The molecule has 5 heteroatoms. The van der Waals surface area contributed by atoms with Crippen LogP contribution in [0.1, 0.15) is 12.5 Å². The molecule has 1 aromatic heterocycles. The number of methoxy groups -OCH3 is 1. The van der Waals surface area contributed by atoms with E-state index in [0.717, 1.165) is 28.6 Å². The summed E-state index contributed by atoms with van der Waals surface area (Å²) in [6.07, 6.45) is 2.67. The molecule has 0 aliphatic heterocycles. The van der Waals surface area contributed by atoms with Gasteiger partial charge in [0.25, 0.3) is 0 Å². The molecule has 0 spiro atoms. The van der Waals surface area contributed by atoms with Gasteiger partial charge < -0.3 is 15.5 Å². The van der Waals surface area contributed by atoms with Crippen LogP contribution in [-0.2, 0) is 11.2 Å². The average Bonchev–Trinajstić information content (AvgIpc) is 2.72. The smallest absolute Gasteiger partial charge is 0.219 e. The van der Waals surface area contributed by atoms with E-state index in [-0.39, 0.29) is 5.91 Å². The van der Waals surface area contributed by atoms with Crippen molar-refractivity contribution in [1.29, 1.82) is 0 Å². The summed E-state index contributed by atoms with van der Waals surface area (Å²) in [4.78, 5) is 12.9. The summed E-state index contributed by atoms with van der Waals surface area (Å²) in [5.41, 5.74) is 2.07. The van der Waals surface area contributed by atoms with Crippen LogP contribution in [-0.4, -0.2) is 36.2 Å². The third-order valence-corrected chi connectivity index (χ3v) is 3.38. The Kier molecular flexibility index (Phi) is 3.64. The third-order valence-electron chi connectivity index (χ3n) is 3.38. The fourth-order valence-corrected chi connectivity index (χ4v) is 2.08. The second kappa shape index (κ2) is 5.22. The van der Waals surface area contributed by atoms with Crippen molar-refractivity contribution in [3.63, 3.8) is 0 Å². The molecule has 19 heavy (non-hydrogen) atoms. The molecule has 0 saturated carbocycles. The van der Waals surface area contributed by atoms with Crippen LogP contribution in [0.25, 0.3) is 10.9 Å². The largest absolute Gasteiger partial charge is 0.497 e. The van der Waals surface area contributed by atoms with E-state index in [1.165, 1.54) is 0 Å². The Morgan fingerprint density at radius 1 is 1.47 bits per heavy atom. The van der Waals surface area contributed by atoms with Crippen molar-refractivity contribution in [3.05, 3.63) is 30.0 Å².